The summed E-state index contributed by atoms with van der Waals surface area (Å²) in [6, 6.07) is 0. The lowest BCUT2D eigenvalue weighted by Crippen LogP contribution is -2.37. The normalized spacial score (nSPS) is 15.5. The van der Waals surface area contributed by atoms with Crippen LogP contribution in [0.25, 0.3) is 0 Å². The Hall–Kier alpha value is -1.06. The molecule has 1 aliphatic rings. The van der Waals surface area contributed by atoms with Crippen molar-refractivity contribution in [2.24, 2.45) is 5.92 Å². The Balaban J connectivity index is 2.35. The first kappa shape index (κ1) is 16.0. The molecule has 0 radical (unpaired) electrons. The first-order valence-electron chi connectivity index (χ1n) is 7.60. The van der Waals surface area contributed by atoms with E-state index < -0.39 is 0 Å². The van der Waals surface area contributed by atoms with Gasteiger partial charge >= 0.3 is 5.97 Å². The fourth-order valence-corrected chi connectivity index (χ4v) is 2.71. The van der Waals surface area contributed by atoms with Gasteiger partial charge in [-0.1, -0.05) is 32.6 Å². The molecule has 110 valence electrons. The summed E-state index contributed by atoms with van der Waals surface area (Å²) in [5.41, 5.74) is 0. The van der Waals surface area contributed by atoms with Crippen molar-refractivity contribution in [1.29, 1.82) is 0 Å². The van der Waals surface area contributed by atoms with Crippen molar-refractivity contribution in [3.05, 3.63) is 0 Å². The van der Waals surface area contributed by atoms with Crippen LogP contribution in [0.5, 0.6) is 0 Å². The predicted octanol–water partition coefficient (Wildman–Crippen LogP) is 2.76. The summed E-state index contributed by atoms with van der Waals surface area (Å²) >= 11 is 0. The number of rotatable bonds is 8. The van der Waals surface area contributed by atoms with Gasteiger partial charge in [-0.15, -0.1) is 0 Å². The molecule has 0 atom stereocenters. The van der Waals surface area contributed by atoms with Gasteiger partial charge in [0.25, 0.3) is 0 Å². The third-order valence-corrected chi connectivity index (χ3v) is 3.71. The van der Waals surface area contributed by atoms with Crippen LogP contribution in [0.3, 0.4) is 0 Å². The topological polar surface area (TPSA) is 46.6 Å². The average Bonchev–Trinajstić information content (AvgIpc) is 2.89. The van der Waals surface area contributed by atoms with Gasteiger partial charge in [0, 0.05) is 13.0 Å². The molecule has 1 saturated carbocycles. The van der Waals surface area contributed by atoms with Crippen LogP contribution >= 0.6 is 0 Å². The van der Waals surface area contributed by atoms with Gasteiger partial charge in [-0.05, 0) is 25.7 Å². The molecule has 0 saturated heterocycles. The molecule has 1 fully saturated rings. The first-order valence-corrected chi connectivity index (χ1v) is 7.60. The Labute approximate surface area is 116 Å². The van der Waals surface area contributed by atoms with Gasteiger partial charge in [-0.3, -0.25) is 9.59 Å². The molecule has 19 heavy (non-hydrogen) atoms. The predicted molar refractivity (Wildman–Crippen MR) is 74.7 cm³/mol. The molecule has 1 amide bonds. The van der Waals surface area contributed by atoms with Crippen molar-refractivity contribution in [3.63, 3.8) is 0 Å². The Morgan fingerprint density at radius 1 is 1.21 bits per heavy atom. The van der Waals surface area contributed by atoms with Crippen molar-refractivity contribution < 1.29 is 14.3 Å². The summed E-state index contributed by atoms with van der Waals surface area (Å²) in [6.45, 7) is 4.91. The Morgan fingerprint density at radius 3 is 2.47 bits per heavy atom. The van der Waals surface area contributed by atoms with Crippen LogP contribution in [-0.4, -0.2) is 36.5 Å². The Bertz CT molecular complexity index is 285. The Kier molecular flexibility index (Phi) is 7.53. The van der Waals surface area contributed by atoms with E-state index in [1.807, 2.05) is 6.92 Å². The van der Waals surface area contributed by atoms with E-state index in [-0.39, 0.29) is 18.4 Å². The zero-order chi connectivity index (χ0) is 14.1. The van der Waals surface area contributed by atoms with E-state index in [1.54, 1.807) is 11.8 Å². The second kappa shape index (κ2) is 8.94. The molecule has 4 nitrogen and oxygen atoms in total. The third-order valence-electron chi connectivity index (χ3n) is 3.71. The van der Waals surface area contributed by atoms with E-state index in [2.05, 4.69) is 0 Å². The van der Waals surface area contributed by atoms with Crippen LogP contribution < -0.4 is 0 Å². The zero-order valence-corrected chi connectivity index (χ0v) is 12.3. The van der Waals surface area contributed by atoms with Gasteiger partial charge in [0.15, 0.2) is 0 Å². The maximum absolute atomic E-state index is 12.1. The molecule has 0 aliphatic heterocycles. The van der Waals surface area contributed by atoms with E-state index in [0.29, 0.717) is 19.6 Å². The molecular weight excluding hydrogens is 242 g/mol. The molecule has 0 heterocycles. The van der Waals surface area contributed by atoms with Crippen LogP contribution in [0, 0.1) is 5.92 Å². The molecule has 0 aromatic carbocycles. The molecule has 0 bridgehead atoms. The van der Waals surface area contributed by atoms with E-state index in [9.17, 15) is 9.59 Å². The van der Waals surface area contributed by atoms with Gasteiger partial charge < -0.3 is 9.64 Å². The van der Waals surface area contributed by atoms with Crippen LogP contribution in [0.4, 0.5) is 0 Å². The SMILES string of the molecule is CCCN(CC(=O)OCC)C(=O)CCC1CCCC1. The summed E-state index contributed by atoms with van der Waals surface area (Å²) in [6.07, 6.45) is 7.55. The minimum Gasteiger partial charge on any atom is -0.465 e. The van der Waals surface area contributed by atoms with E-state index in [1.165, 1.54) is 25.7 Å². The summed E-state index contributed by atoms with van der Waals surface area (Å²) < 4.78 is 4.91. The average molecular weight is 269 g/mol. The van der Waals surface area contributed by atoms with E-state index in [0.717, 1.165) is 18.8 Å². The van der Waals surface area contributed by atoms with Crippen molar-refractivity contribution in [2.75, 3.05) is 19.7 Å². The number of carbonyl (C=O) groups excluding carboxylic acids is 2. The number of amides is 1. The quantitative estimate of drug-likeness (QED) is 0.637. The summed E-state index contributed by atoms with van der Waals surface area (Å²) in [4.78, 5) is 25.3. The molecule has 0 spiro atoms. The van der Waals surface area contributed by atoms with Crippen LogP contribution in [0.2, 0.25) is 0 Å². The van der Waals surface area contributed by atoms with Crippen molar-refractivity contribution >= 4 is 11.9 Å². The zero-order valence-electron chi connectivity index (χ0n) is 12.3. The van der Waals surface area contributed by atoms with E-state index in [4.69, 9.17) is 4.74 Å². The number of esters is 1. The lowest BCUT2D eigenvalue weighted by atomic mass is 10.0. The smallest absolute Gasteiger partial charge is 0.325 e. The lowest BCUT2D eigenvalue weighted by molar-refractivity contribution is -0.149. The molecule has 1 rings (SSSR count). The minimum atomic E-state index is -0.301. The van der Waals surface area contributed by atoms with Gasteiger partial charge in [-0.25, -0.2) is 0 Å². The van der Waals surface area contributed by atoms with Crippen LogP contribution in [0.15, 0.2) is 0 Å². The summed E-state index contributed by atoms with van der Waals surface area (Å²) in [7, 11) is 0. The van der Waals surface area contributed by atoms with Crippen LogP contribution in [0.1, 0.15) is 58.8 Å². The van der Waals surface area contributed by atoms with Gasteiger partial charge in [0.05, 0.1) is 6.61 Å². The minimum absolute atomic E-state index is 0.0989. The van der Waals surface area contributed by atoms with Gasteiger partial charge in [-0.2, -0.15) is 0 Å². The van der Waals surface area contributed by atoms with Crippen molar-refractivity contribution in [2.45, 2.75) is 58.8 Å². The number of carbonyl (C=O) groups is 2. The van der Waals surface area contributed by atoms with Crippen LogP contribution in [-0.2, 0) is 14.3 Å². The van der Waals surface area contributed by atoms with Gasteiger partial charge in [0.2, 0.25) is 5.91 Å². The largest absolute Gasteiger partial charge is 0.465 e. The highest BCUT2D eigenvalue weighted by Gasteiger charge is 2.20. The third kappa shape index (κ3) is 6.08. The standard InChI is InChI=1S/C15H27NO3/c1-3-11-16(12-15(18)19-4-2)14(17)10-9-13-7-5-6-8-13/h13H,3-12H2,1-2H3. The number of nitrogens with zero attached hydrogens (tertiary/aromatic N) is 1. The molecule has 0 unspecified atom stereocenters. The fourth-order valence-electron chi connectivity index (χ4n) is 2.71. The maximum atomic E-state index is 12.1. The fraction of sp³-hybridized carbons (Fsp3) is 0.867. The second-order valence-corrected chi connectivity index (χ2v) is 5.31. The maximum Gasteiger partial charge on any atom is 0.325 e. The molecule has 1 aliphatic carbocycles. The summed E-state index contributed by atoms with van der Waals surface area (Å²) in [5, 5.41) is 0. The highest BCUT2D eigenvalue weighted by molar-refractivity contribution is 5.82. The Morgan fingerprint density at radius 2 is 1.89 bits per heavy atom. The lowest BCUT2D eigenvalue weighted by Gasteiger charge is -2.21. The van der Waals surface area contributed by atoms with Crippen molar-refractivity contribution in [1.82, 2.24) is 4.90 Å². The van der Waals surface area contributed by atoms with Crippen molar-refractivity contribution in [3.8, 4) is 0 Å². The number of ether oxygens (including phenoxy) is 1. The molecule has 0 N–H and O–H groups in total. The van der Waals surface area contributed by atoms with Gasteiger partial charge in [0.1, 0.15) is 6.54 Å². The molecule has 0 aromatic rings. The monoisotopic (exact) mass is 269 g/mol. The number of hydrogen-bond donors (Lipinski definition) is 0. The van der Waals surface area contributed by atoms with E-state index >= 15 is 0 Å². The number of hydrogen-bond acceptors (Lipinski definition) is 3. The second-order valence-electron chi connectivity index (χ2n) is 5.31. The highest BCUT2D eigenvalue weighted by atomic mass is 16.5. The molecule has 4 heteroatoms. The first-order chi connectivity index (χ1) is 9.17. The molecule has 0 aromatic heterocycles. The molecular formula is C15H27NO3. The highest BCUT2D eigenvalue weighted by Crippen LogP contribution is 2.28. The summed E-state index contributed by atoms with van der Waals surface area (Å²) in [5.74, 6) is 0.516.